The molecule has 5 heterocycles. The molecule has 0 amide bonds. The summed E-state index contributed by atoms with van der Waals surface area (Å²) in [6.07, 6.45) is 0. The van der Waals surface area contributed by atoms with E-state index >= 15 is 0 Å². The number of rotatable bonds is 6. The van der Waals surface area contributed by atoms with Crippen LogP contribution in [0.25, 0.3) is 144 Å². The predicted molar refractivity (Wildman–Crippen MR) is 285 cm³/mol. The van der Waals surface area contributed by atoms with Crippen molar-refractivity contribution in [1.29, 1.82) is 0 Å². The number of hydrogen-bond donors (Lipinski definition) is 0. The van der Waals surface area contributed by atoms with Gasteiger partial charge in [0, 0.05) is 65.6 Å². The summed E-state index contributed by atoms with van der Waals surface area (Å²) in [6, 6.07) is 78.6. The molecule has 10 aromatic carbocycles. The van der Waals surface area contributed by atoms with E-state index in [1.807, 2.05) is 60.7 Å². The van der Waals surface area contributed by atoms with Crippen LogP contribution < -0.4 is 0 Å². The smallest absolute Gasteiger partial charge is 0.167 e. The highest BCUT2D eigenvalue weighted by Crippen LogP contribution is 2.47. The largest absolute Gasteiger partial charge is 0.456 e. The summed E-state index contributed by atoms with van der Waals surface area (Å²) in [6.45, 7) is 0. The van der Waals surface area contributed by atoms with Crippen LogP contribution in [0, 0.1) is 0 Å². The summed E-state index contributed by atoms with van der Waals surface area (Å²) in [4.78, 5) is 15.3. The third kappa shape index (κ3) is 5.66. The summed E-state index contributed by atoms with van der Waals surface area (Å²) in [5, 5.41) is 8.90. The topological polar surface area (TPSA) is 74.8 Å². The molecule has 0 N–H and O–H groups in total. The monoisotopic (exact) mass is 895 g/mol. The van der Waals surface area contributed by atoms with Crippen molar-refractivity contribution in [1.82, 2.24) is 24.1 Å². The summed E-state index contributed by atoms with van der Waals surface area (Å²) >= 11 is 0. The van der Waals surface area contributed by atoms with Crippen molar-refractivity contribution in [2.45, 2.75) is 0 Å². The Kier molecular flexibility index (Phi) is 8.23. The van der Waals surface area contributed by atoms with Crippen LogP contribution in [0.3, 0.4) is 0 Å². The second kappa shape index (κ2) is 15.0. The maximum Gasteiger partial charge on any atom is 0.167 e. The van der Waals surface area contributed by atoms with Crippen LogP contribution >= 0.6 is 0 Å². The van der Waals surface area contributed by atoms with E-state index in [1.165, 1.54) is 32.6 Å². The number of furan rings is 2. The normalized spacial score (nSPS) is 12.0. The Hall–Kier alpha value is -9.59. The Morgan fingerprint density at radius 1 is 0.300 bits per heavy atom. The van der Waals surface area contributed by atoms with E-state index in [2.05, 4.69) is 173 Å². The Bertz CT molecular complexity index is 4580. The van der Waals surface area contributed by atoms with Gasteiger partial charge in [0.1, 0.15) is 22.3 Å². The van der Waals surface area contributed by atoms with Crippen LogP contribution in [-0.4, -0.2) is 24.1 Å². The fourth-order valence-corrected chi connectivity index (χ4v) is 11.0. The van der Waals surface area contributed by atoms with Gasteiger partial charge in [-0.25, -0.2) is 15.0 Å². The van der Waals surface area contributed by atoms with Gasteiger partial charge in [-0.1, -0.05) is 158 Å². The third-order valence-corrected chi connectivity index (χ3v) is 14.0. The molecule has 0 saturated carbocycles. The van der Waals surface area contributed by atoms with Gasteiger partial charge in [0.05, 0.1) is 27.6 Å². The van der Waals surface area contributed by atoms with E-state index in [-0.39, 0.29) is 0 Å². The molecule has 7 nitrogen and oxygen atoms in total. The zero-order valence-corrected chi connectivity index (χ0v) is 37.4. The molecular formula is C63H37N5O2. The first-order valence-electron chi connectivity index (χ1n) is 23.5. The minimum Gasteiger partial charge on any atom is -0.456 e. The van der Waals surface area contributed by atoms with Crippen LogP contribution in [0.15, 0.2) is 233 Å². The average molecular weight is 896 g/mol. The van der Waals surface area contributed by atoms with Crippen molar-refractivity contribution >= 4 is 87.5 Å². The van der Waals surface area contributed by atoms with Crippen molar-refractivity contribution in [3.05, 3.63) is 224 Å². The van der Waals surface area contributed by atoms with Gasteiger partial charge in [-0.05, 0) is 77.9 Å². The Balaban J connectivity index is 0.952. The van der Waals surface area contributed by atoms with Crippen molar-refractivity contribution in [3.63, 3.8) is 0 Å². The molecule has 0 aliphatic carbocycles. The zero-order chi connectivity index (χ0) is 45.9. The number of nitrogens with zero attached hydrogens (tertiary/aromatic N) is 5. The first-order valence-corrected chi connectivity index (χ1v) is 23.5. The number of hydrogen-bond acceptors (Lipinski definition) is 5. The Morgan fingerprint density at radius 3 is 1.64 bits per heavy atom. The minimum absolute atomic E-state index is 0.532. The van der Waals surface area contributed by atoms with Crippen molar-refractivity contribution in [3.8, 4) is 56.7 Å². The molecule has 0 saturated heterocycles. The number of para-hydroxylation sites is 5. The molecule has 326 valence electrons. The molecule has 0 radical (unpaired) electrons. The zero-order valence-electron chi connectivity index (χ0n) is 37.4. The van der Waals surface area contributed by atoms with Gasteiger partial charge in [-0.15, -0.1) is 0 Å². The summed E-state index contributed by atoms with van der Waals surface area (Å²) in [7, 11) is 0. The van der Waals surface area contributed by atoms with Gasteiger partial charge >= 0.3 is 0 Å². The molecule has 0 aliphatic rings. The highest BCUT2D eigenvalue weighted by atomic mass is 16.3. The van der Waals surface area contributed by atoms with Crippen LogP contribution in [-0.2, 0) is 0 Å². The molecule has 0 aliphatic heterocycles. The van der Waals surface area contributed by atoms with E-state index in [9.17, 15) is 0 Å². The molecule has 7 heteroatoms. The van der Waals surface area contributed by atoms with Gasteiger partial charge in [0.2, 0.25) is 0 Å². The first-order chi connectivity index (χ1) is 34.7. The van der Waals surface area contributed by atoms with E-state index in [0.717, 1.165) is 94.1 Å². The van der Waals surface area contributed by atoms with Crippen LogP contribution in [0.1, 0.15) is 0 Å². The van der Waals surface area contributed by atoms with Gasteiger partial charge in [-0.2, -0.15) is 0 Å². The molecule has 15 aromatic rings. The van der Waals surface area contributed by atoms with E-state index in [4.69, 9.17) is 23.8 Å². The van der Waals surface area contributed by atoms with Gasteiger partial charge < -0.3 is 18.0 Å². The lowest BCUT2D eigenvalue weighted by atomic mass is 9.95. The number of benzene rings is 10. The highest BCUT2D eigenvalue weighted by Gasteiger charge is 2.25. The lowest BCUT2D eigenvalue weighted by Crippen LogP contribution is -2.00. The molecule has 0 bridgehead atoms. The van der Waals surface area contributed by atoms with Crippen LogP contribution in [0.5, 0.6) is 0 Å². The molecule has 15 rings (SSSR count). The van der Waals surface area contributed by atoms with Crippen molar-refractivity contribution < 1.29 is 8.83 Å². The SMILES string of the molecule is c1ccc(-c2nc(-c3ccc4c(c3)oc3cccc(-c5cccc6c5c5ccc7c8ccccc8n(-c8ccccc8)c7c5n6-c5ccccc5)c34)nc(-c3cccc4c3oc3ccccc34)n2)cc1. The lowest BCUT2D eigenvalue weighted by Gasteiger charge is -2.12. The summed E-state index contributed by atoms with van der Waals surface area (Å²) in [5.74, 6) is 1.65. The second-order valence-corrected chi connectivity index (χ2v) is 17.9. The van der Waals surface area contributed by atoms with E-state index < -0.39 is 0 Å². The molecule has 0 spiro atoms. The van der Waals surface area contributed by atoms with Gasteiger partial charge in [0.25, 0.3) is 0 Å². The summed E-state index contributed by atoms with van der Waals surface area (Å²) in [5.41, 5.74) is 14.7. The molecular weight excluding hydrogens is 859 g/mol. The van der Waals surface area contributed by atoms with Crippen molar-refractivity contribution in [2.75, 3.05) is 0 Å². The third-order valence-electron chi connectivity index (χ3n) is 14.0. The molecule has 0 fully saturated rings. The fourth-order valence-electron chi connectivity index (χ4n) is 11.0. The van der Waals surface area contributed by atoms with Gasteiger partial charge in [-0.3, -0.25) is 0 Å². The summed E-state index contributed by atoms with van der Waals surface area (Å²) < 4.78 is 18.2. The number of aromatic nitrogens is 5. The average Bonchev–Trinajstić information content (AvgIpc) is 4.19. The predicted octanol–water partition coefficient (Wildman–Crippen LogP) is 16.5. The van der Waals surface area contributed by atoms with Crippen LogP contribution in [0.4, 0.5) is 0 Å². The lowest BCUT2D eigenvalue weighted by molar-refractivity contribution is 0.668. The van der Waals surface area contributed by atoms with Crippen LogP contribution in [0.2, 0.25) is 0 Å². The molecule has 0 unspecified atom stereocenters. The Morgan fingerprint density at radius 2 is 0.843 bits per heavy atom. The second-order valence-electron chi connectivity index (χ2n) is 17.9. The quantitative estimate of drug-likeness (QED) is 0.166. The fraction of sp³-hybridized carbons (Fsp3) is 0. The minimum atomic E-state index is 0.532. The molecule has 0 atom stereocenters. The highest BCUT2D eigenvalue weighted by molar-refractivity contribution is 6.27. The standard InChI is InChI=1S/C63H37N5O2/c1-4-17-38(18-5-1)61-64-62(66-63(65-61)50-28-14-27-47-43-24-11-13-31-53(43)70-60(47)50)39-33-34-48-55(37-39)69-54-32-16-26-45(57(48)54)44-25-15-30-52-56(44)49-36-35-46-42-23-10-12-29-51(42)67(40-19-6-2-7-20-40)58(46)59(49)68(52)41-21-8-3-9-22-41/h1-37H. The first kappa shape index (κ1) is 38.5. The Labute approximate surface area is 399 Å². The van der Waals surface area contributed by atoms with E-state index in [0.29, 0.717) is 17.5 Å². The maximum absolute atomic E-state index is 6.83. The molecule has 70 heavy (non-hydrogen) atoms. The maximum atomic E-state index is 6.83. The van der Waals surface area contributed by atoms with Crippen molar-refractivity contribution in [2.24, 2.45) is 0 Å². The van der Waals surface area contributed by atoms with E-state index in [1.54, 1.807) is 0 Å². The molecule has 5 aromatic heterocycles. The number of fused-ring (bicyclic) bond motifs is 13. The van der Waals surface area contributed by atoms with Gasteiger partial charge in [0.15, 0.2) is 17.5 Å².